The molecular formula is C26H30N4O2. The first kappa shape index (κ1) is 22.0. The van der Waals surface area contributed by atoms with E-state index in [0.29, 0.717) is 17.4 Å². The van der Waals surface area contributed by atoms with Gasteiger partial charge in [-0.2, -0.15) is 0 Å². The minimum atomic E-state index is -0.650. The summed E-state index contributed by atoms with van der Waals surface area (Å²) in [6.07, 6.45) is 7.77. The average molecular weight is 431 g/mol. The summed E-state index contributed by atoms with van der Waals surface area (Å²) in [6, 6.07) is 14.0. The molecule has 6 nitrogen and oxygen atoms in total. The number of aliphatic hydroxyl groups excluding tert-OH is 1. The molecule has 2 aromatic carbocycles. The second kappa shape index (κ2) is 9.94. The van der Waals surface area contributed by atoms with Gasteiger partial charge in [-0.25, -0.2) is 4.98 Å². The summed E-state index contributed by atoms with van der Waals surface area (Å²) in [5.41, 5.74) is 4.98. The smallest absolute Gasteiger partial charge is 0.261 e. The molecular weight excluding hydrogens is 400 g/mol. The number of fused-ring (bicyclic) bond motifs is 2. The first-order valence-electron chi connectivity index (χ1n) is 11.1. The van der Waals surface area contributed by atoms with Gasteiger partial charge in [0.05, 0.1) is 29.9 Å². The lowest BCUT2D eigenvalue weighted by Crippen LogP contribution is -2.39. The lowest BCUT2D eigenvalue weighted by molar-refractivity contribution is 0.0908. The number of allylic oxidation sites excluding steroid dienone is 3. The van der Waals surface area contributed by atoms with Gasteiger partial charge < -0.3 is 10.4 Å². The van der Waals surface area contributed by atoms with Crippen molar-refractivity contribution in [3.8, 4) is 0 Å². The van der Waals surface area contributed by atoms with Crippen molar-refractivity contribution < 1.29 is 5.11 Å². The van der Waals surface area contributed by atoms with E-state index in [9.17, 15) is 9.90 Å². The summed E-state index contributed by atoms with van der Waals surface area (Å²) in [5, 5.41) is 14.6. The van der Waals surface area contributed by atoms with Crippen LogP contribution in [0.5, 0.6) is 0 Å². The van der Waals surface area contributed by atoms with Crippen molar-refractivity contribution >= 4 is 16.6 Å². The van der Waals surface area contributed by atoms with Crippen LogP contribution in [0.15, 0.2) is 77.5 Å². The molecule has 2 N–H and O–H groups in total. The Bertz CT molecular complexity index is 1210. The summed E-state index contributed by atoms with van der Waals surface area (Å²) < 4.78 is 1.51. The number of anilines is 1. The Morgan fingerprint density at radius 1 is 1.19 bits per heavy atom. The fourth-order valence-corrected chi connectivity index (χ4v) is 4.22. The largest absolute Gasteiger partial charge is 0.390 e. The van der Waals surface area contributed by atoms with Crippen molar-refractivity contribution in [2.45, 2.75) is 39.5 Å². The molecule has 0 amide bonds. The van der Waals surface area contributed by atoms with E-state index in [-0.39, 0.29) is 12.1 Å². The molecule has 4 rings (SSSR count). The molecule has 166 valence electrons. The van der Waals surface area contributed by atoms with E-state index < -0.39 is 6.10 Å². The van der Waals surface area contributed by atoms with Gasteiger partial charge in [-0.3, -0.25) is 14.3 Å². The first-order valence-corrected chi connectivity index (χ1v) is 11.1. The second-order valence-corrected chi connectivity index (χ2v) is 8.21. The number of hydrogen-bond donors (Lipinski definition) is 2. The summed E-state index contributed by atoms with van der Waals surface area (Å²) in [5.74, 6) is 0. The van der Waals surface area contributed by atoms with Gasteiger partial charge in [0.2, 0.25) is 0 Å². The maximum absolute atomic E-state index is 13.1. The number of nitrogens with one attached hydrogen (secondary N) is 1. The highest BCUT2D eigenvalue weighted by atomic mass is 16.3. The molecule has 32 heavy (non-hydrogen) atoms. The minimum Gasteiger partial charge on any atom is -0.390 e. The topological polar surface area (TPSA) is 70.4 Å². The molecule has 3 aromatic rings. The zero-order chi connectivity index (χ0) is 22.5. The van der Waals surface area contributed by atoms with Crippen molar-refractivity contribution in [3.05, 3.63) is 94.2 Å². The zero-order valence-corrected chi connectivity index (χ0v) is 18.7. The van der Waals surface area contributed by atoms with Gasteiger partial charge in [0, 0.05) is 31.0 Å². The van der Waals surface area contributed by atoms with Crippen molar-refractivity contribution in [3.63, 3.8) is 0 Å². The predicted octanol–water partition coefficient (Wildman–Crippen LogP) is 3.71. The lowest BCUT2D eigenvalue weighted by atomic mass is 10.00. The van der Waals surface area contributed by atoms with Crippen molar-refractivity contribution in [1.29, 1.82) is 0 Å². The van der Waals surface area contributed by atoms with E-state index in [1.165, 1.54) is 22.0 Å². The Hall–Kier alpha value is -3.22. The molecule has 6 heteroatoms. The Morgan fingerprint density at radius 3 is 2.78 bits per heavy atom. The van der Waals surface area contributed by atoms with Crippen LogP contribution in [-0.4, -0.2) is 38.8 Å². The second-order valence-electron chi connectivity index (χ2n) is 8.21. The molecule has 2 heterocycles. The fourth-order valence-electron chi connectivity index (χ4n) is 4.22. The van der Waals surface area contributed by atoms with Crippen LogP contribution in [0.4, 0.5) is 5.69 Å². The number of nitrogens with zero attached hydrogens (tertiary/aromatic N) is 3. The predicted molar refractivity (Wildman–Crippen MR) is 130 cm³/mol. The van der Waals surface area contributed by atoms with E-state index in [2.05, 4.69) is 39.5 Å². The van der Waals surface area contributed by atoms with Gasteiger partial charge in [-0.1, -0.05) is 36.4 Å². The highest BCUT2D eigenvalue weighted by Gasteiger charge is 2.19. The van der Waals surface area contributed by atoms with Crippen molar-refractivity contribution in [2.24, 2.45) is 0 Å². The molecule has 1 unspecified atom stereocenters. The highest BCUT2D eigenvalue weighted by Crippen LogP contribution is 2.19. The molecule has 0 aliphatic carbocycles. The van der Waals surface area contributed by atoms with Crippen LogP contribution < -0.4 is 10.9 Å². The molecule has 0 radical (unpaired) electrons. The van der Waals surface area contributed by atoms with Gasteiger partial charge in [0.1, 0.15) is 0 Å². The molecule has 1 aliphatic heterocycles. The summed E-state index contributed by atoms with van der Waals surface area (Å²) >= 11 is 0. The Labute approximate surface area is 188 Å². The third kappa shape index (κ3) is 4.98. The number of rotatable bonds is 7. The van der Waals surface area contributed by atoms with E-state index in [0.717, 1.165) is 30.9 Å². The van der Waals surface area contributed by atoms with Gasteiger partial charge in [-0.05, 0) is 55.7 Å². The van der Waals surface area contributed by atoms with E-state index in [1.807, 2.05) is 50.3 Å². The third-order valence-electron chi connectivity index (χ3n) is 5.86. The molecule has 0 spiro atoms. The average Bonchev–Trinajstić information content (AvgIpc) is 2.81. The normalized spacial score (nSPS) is 15.8. The van der Waals surface area contributed by atoms with Gasteiger partial charge >= 0.3 is 0 Å². The van der Waals surface area contributed by atoms with Crippen LogP contribution in [-0.2, 0) is 19.5 Å². The minimum absolute atomic E-state index is 0.144. The Kier molecular flexibility index (Phi) is 6.83. The van der Waals surface area contributed by atoms with Gasteiger partial charge in [-0.15, -0.1) is 0 Å². The van der Waals surface area contributed by atoms with E-state index in [1.54, 1.807) is 0 Å². The molecule has 1 aromatic heterocycles. The van der Waals surface area contributed by atoms with Crippen LogP contribution in [0, 0.1) is 0 Å². The van der Waals surface area contributed by atoms with Gasteiger partial charge in [0.15, 0.2) is 0 Å². The van der Waals surface area contributed by atoms with E-state index >= 15 is 0 Å². The maximum atomic E-state index is 13.1. The molecule has 0 fully saturated rings. The van der Waals surface area contributed by atoms with Gasteiger partial charge in [0.25, 0.3) is 5.56 Å². The van der Waals surface area contributed by atoms with Crippen molar-refractivity contribution in [2.75, 3.05) is 18.4 Å². The first-order chi connectivity index (χ1) is 15.6. The van der Waals surface area contributed by atoms with Crippen LogP contribution in [0.25, 0.3) is 10.9 Å². The van der Waals surface area contributed by atoms with Crippen LogP contribution in [0.3, 0.4) is 0 Å². The quantitative estimate of drug-likeness (QED) is 0.559. The molecule has 1 aliphatic rings. The van der Waals surface area contributed by atoms with Crippen LogP contribution >= 0.6 is 0 Å². The zero-order valence-electron chi connectivity index (χ0n) is 18.7. The number of aromatic nitrogens is 2. The van der Waals surface area contributed by atoms with E-state index in [4.69, 9.17) is 0 Å². The summed E-state index contributed by atoms with van der Waals surface area (Å²) in [6.45, 7) is 6.40. The third-order valence-corrected chi connectivity index (χ3v) is 5.86. The fraction of sp³-hybridized carbons (Fsp3) is 0.308. The van der Waals surface area contributed by atoms with Crippen LogP contribution in [0.2, 0.25) is 0 Å². The number of hydrogen-bond acceptors (Lipinski definition) is 5. The summed E-state index contributed by atoms with van der Waals surface area (Å²) in [7, 11) is 0. The lowest BCUT2D eigenvalue weighted by Gasteiger charge is -2.30. The monoisotopic (exact) mass is 430 g/mol. The molecule has 1 atom stereocenters. The standard InChI is InChI=1S/C26H30N4O2/c1-3-7-21(4-2)28-22-10-11-25-24(14-22)26(32)30(18-27-25)17-23(31)16-29-13-12-19-8-5-6-9-20(19)15-29/h3-11,14,18,23,28,31H,12-13,15-17H2,1-2H3/b7-3-,21-4+. The summed E-state index contributed by atoms with van der Waals surface area (Å²) in [4.78, 5) is 19.8. The molecule has 0 bridgehead atoms. The number of β-amino-alcohol motifs (C(OH)–C–C–N with tert-alkyl or cyclic N) is 1. The van der Waals surface area contributed by atoms with Crippen molar-refractivity contribution in [1.82, 2.24) is 14.5 Å². The Balaban J connectivity index is 1.48. The highest BCUT2D eigenvalue weighted by molar-refractivity contribution is 5.81. The number of benzene rings is 2. The maximum Gasteiger partial charge on any atom is 0.261 e. The van der Waals surface area contributed by atoms with Crippen LogP contribution in [0.1, 0.15) is 25.0 Å². The number of aliphatic hydroxyl groups is 1. The molecule has 0 saturated carbocycles. The Morgan fingerprint density at radius 2 is 2.00 bits per heavy atom. The molecule has 0 saturated heterocycles. The SMILES string of the molecule is C/C=C\C(=C/C)Nc1ccc2ncn(CC(O)CN3CCc4ccccc4C3)c(=O)c2c1.